The molecule has 2 aliphatic heterocycles. The Bertz CT molecular complexity index is 479. The van der Waals surface area contributed by atoms with Crippen molar-refractivity contribution in [3.05, 3.63) is 0 Å². The fraction of sp³-hybridized carbons (Fsp3) is 0.947. The molecule has 3 fully saturated rings. The van der Waals surface area contributed by atoms with Gasteiger partial charge < -0.3 is 24.5 Å². The molecular weight excluding hydrogens is 318 g/mol. The molecule has 0 aromatic carbocycles. The predicted molar refractivity (Wildman–Crippen MR) is 97.5 cm³/mol. The van der Waals surface area contributed by atoms with Crippen LogP contribution >= 0.6 is 0 Å². The SMILES string of the molecule is CO[C@@]1(C)C[C@@H](O)C12CCN(C(=O)CCN1CCCN(C)CC1)CC2. The van der Waals surface area contributed by atoms with Crippen LogP contribution in [0.3, 0.4) is 0 Å². The lowest BCUT2D eigenvalue weighted by molar-refractivity contribution is -0.261. The zero-order valence-electron chi connectivity index (χ0n) is 16.2. The summed E-state index contributed by atoms with van der Waals surface area (Å²) in [5.41, 5.74) is -0.395. The lowest BCUT2D eigenvalue weighted by atomic mass is 9.51. The van der Waals surface area contributed by atoms with Crippen LogP contribution in [0.25, 0.3) is 0 Å². The third-order valence-corrected chi connectivity index (χ3v) is 7.19. The van der Waals surface area contributed by atoms with E-state index < -0.39 is 0 Å². The number of likely N-dealkylation sites (tertiary alicyclic amines) is 1. The maximum absolute atomic E-state index is 12.6. The molecule has 1 aliphatic carbocycles. The summed E-state index contributed by atoms with van der Waals surface area (Å²) in [6, 6.07) is 0. The summed E-state index contributed by atoms with van der Waals surface area (Å²) in [7, 11) is 3.91. The molecular formula is C19H35N3O3. The van der Waals surface area contributed by atoms with Crippen molar-refractivity contribution in [2.45, 2.75) is 50.7 Å². The van der Waals surface area contributed by atoms with E-state index in [1.807, 2.05) is 4.90 Å². The van der Waals surface area contributed by atoms with Crippen molar-refractivity contribution >= 4 is 5.91 Å². The van der Waals surface area contributed by atoms with Gasteiger partial charge in [0, 0.05) is 58.1 Å². The normalized spacial score (nSPS) is 33.9. The number of hydrogen-bond donors (Lipinski definition) is 1. The second-order valence-corrected chi connectivity index (χ2v) is 8.44. The molecule has 25 heavy (non-hydrogen) atoms. The Morgan fingerprint density at radius 2 is 1.88 bits per heavy atom. The fourth-order valence-corrected chi connectivity index (χ4v) is 5.03. The highest BCUT2D eigenvalue weighted by Gasteiger charge is 2.63. The summed E-state index contributed by atoms with van der Waals surface area (Å²) in [5.74, 6) is 0.264. The van der Waals surface area contributed by atoms with Gasteiger partial charge in [0.2, 0.25) is 5.91 Å². The van der Waals surface area contributed by atoms with Gasteiger partial charge in [0.25, 0.3) is 0 Å². The Morgan fingerprint density at radius 1 is 1.16 bits per heavy atom. The number of piperidine rings is 1. The fourth-order valence-electron chi connectivity index (χ4n) is 5.03. The van der Waals surface area contributed by atoms with Gasteiger partial charge in [0.1, 0.15) is 0 Å². The van der Waals surface area contributed by atoms with Crippen molar-refractivity contribution in [3.63, 3.8) is 0 Å². The number of aliphatic hydroxyl groups is 1. The number of methoxy groups -OCH3 is 1. The smallest absolute Gasteiger partial charge is 0.223 e. The van der Waals surface area contributed by atoms with Gasteiger partial charge in [0.05, 0.1) is 11.7 Å². The molecule has 2 saturated heterocycles. The molecule has 1 spiro atoms. The number of nitrogens with zero attached hydrogens (tertiary/aromatic N) is 3. The highest BCUT2D eigenvalue weighted by molar-refractivity contribution is 5.76. The Kier molecular flexibility index (Phi) is 5.73. The topological polar surface area (TPSA) is 56.3 Å². The molecule has 1 amide bonds. The van der Waals surface area contributed by atoms with Crippen molar-refractivity contribution in [2.24, 2.45) is 5.41 Å². The number of carbonyl (C=O) groups excluding carboxylic acids is 1. The van der Waals surface area contributed by atoms with Gasteiger partial charge in [-0.2, -0.15) is 0 Å². The molecule has 6 nitrogen and oxygen atoms in total. The Hall–Kier alpha value is -0.690. The molecule has 3 aliphatic rings. The number of ether oxygens (including phenoxy) is 1. The third-order valence-electron chi connectivity index (χ3n) is 7.19. The van der Waals surface area contributed by atoms with Gasteiger partial charge in [-0.15, -0.1) is 0 Å². The van der Waals surface area contributed by atoms with E-state index in [1.165, 1.54) is 6.42 Å². The molecule has 3 rings (SSSR count). The molecule has 2 heterocycles. The van der Waals surface area contributed by atoms with E-state index >= 15 is 0 Å². The monoisotopic (exact) mass is 353 g/mol. The molecule has 0 bridgehead atoms. The summed E-state index contributed by atoms with van der Waals surface area (Å²) in [4.78, 5) is 19.4. The zero-order valence-corrected chi connectivity index (χ0v) is 16.2. The average molecular weight is 354 g/mol. The lowest BCUT2D eigenvalue weighted by Crippen LogP contribution is -2.69. The van der Waals surface area contributed by atoms with Crippen LogP contribution in [0.2, 0.25) is 0 Å². The Morgan fingerprint density at radius 3 is 2.52 bits per heavy atom. The van der Waals surface area contributed by atoms with Gasteiger partial charge in [-0.3, -0.25) is 4.79 Å². The highest BCUT2D eigenvalue weighted by atomic mass is 16.5. The van der Waals surface area contributed by atoms with E-state index in [0.717, 1.165) is 58.7 Å². The Labute approximate surface area is 152 Å². The molecule has 2 atom stereocenters. The number of carbonyl (C=O) groups is 1. The van der Waals surface area contributed by atoms with Crippen LogP contribution in [-0.2, 0) is 9.53 Å². The second-order valence-electron chi connectivity index (χ2n) is 8.44. The molecule has 0 aromatic heterocycles. The third kappa shape index (κ3) is 3.59. The highest BCUT2D eigenvalue weighted by Crippen LogP contribution is 2.57. The van der Waals surface area contributed by atoms with Gasteiger partial charge in [-0.25, -0.2) is 0 Å². The number of likely N-dealkylation sites (N-methyl/N-ethyl adjacent to an activating group) is 1. The van der Waals surface area contributed by atoms with Crippen LogP contribution in [0.15, 0.2) is 0 Å². The zero-order chi connectivity index (χ0) is 18.1. The van der Waals surface area contributed by atoms with E-state index in [4.69, 9.17) is 4.74 Å². The summed E-state index contributed by atoms with van der Waals surface area (Å²) in [6.45, 7) is 8.87. The number of rotatable bonds is 4. The van der Waals surface area contributed by atoms with Gasteiger partial charge >= 0.3 is 0 Å². The standard InChI is InChI=1S/C19H35N3O3/c1-18(25-3)15-16(23)19(18)6-11-22(12-7-19)17(24)5-10-21-9-4-8-20(2)13-14-21/h16,23H,4-15H2,1-3H3/t16-,18+/m1/s1. The first kappa shape index (κ1) is 19.1. The van der Waals surface area contributed by atoms with Crippen LogP contribution in [0.1, 0.15) is 39.0 Å². The lowest BCUT2D eigenvalue weighted by Gasteiger charge is -2.62. The van der Waals surface area contributed by atoms with Crippen LogP contribution < -0.4 is 0 Å². The summed E-state index contributed by atoms with van der Waals surface area (Å²) < 4.78 is 5.71. The first-order valence-electron chi connectivity index (χ1n) is 9.82. The van der Waals surface area contributed by atoms with E-state index in [0.29, 0.717) is 12.8 Å². The number of amides is 1. The predicted octanol–water partition coefficient (Wildman–Crippen LogP) is 0.793. The summed E-state index contributed by atoms with van der Waals surface area (Å²) in [6.07, 6.45) is 3.91. The minimum absolute atomic E-state index is 0.159. The second kappa shape index (κ2) is 7.51. The summed E-state index contributed by atoms with van der Waals surface area (Å²) >= 11 is 0. The first-order valence-corrected chi connectivity index (χ1v) is 9.82. The van der Waals surface area contributed by atoms with E-state index in [9.17, 15) is 9.90 Å². The minimum Gasteiger partial charge on any atom is -0.392 e. The largest absolute Gasteiger partial charge is 0.392 e. The minimum atomic E-state index is -0.288. The maximum atomic E-state index is 12.6. The van der Waals surface area contributed by atoms with Crippen LogP contribution in [0.4, 0.5) is 0 Å². The van der Waals surface area contributed by atoms with Crippen molar-refractivity contribution in [1.29, 1.82) is 0 Å². The Balaban J connectivity index is 1.46. The quantitative estimate of drug-likeness (QED) is 0.810. The van der Waals surface area contributed by atoms with E-state index in [-0.39, 0.29) is 23.0 Å². The van der Waals surface area contributed by atoms with E-state index in [1.54, 1.807) is 7.11 Å². The first-order chi connectivity index (χ1) is 11.9. The molecule has 144 valence electrons. The van der Waals surface area contributed by atoms with Crippen LogP contribution in [0, 0.1) is 5.41 Å². The van der Waals surface area contributed by atoms with Crippen LogP contribution in [0.5, 0.6) is 0 Å². The van der Waals surface area contributed by atoms with Gasteiger partial charge in [-0.05, 0) is 46.3 Å². The van der Waals surface area contributed by atoms with Crippen molar-refractivity contribution in [3.8, 4) is 0 Å². The van der Waals surface area contributed by atoms with Crippen molar-refractivity contribution in [2.75, 3.05) is 60.0 Å². The maximum Gasteiger partial charge on any atom is 0.223 e. The van der Waals surface area contributed by atoms with E-state index in [2.05, 4.69) is 23.8 Å². The molecule has 0 aromatic rings. The molecule has 0 radical (unpaired) electrons. The number of aliphatic hydroxyl groups excluding tert-OH is 1. The van der Waals surface area contributed by atoms with Gasteiger partial charge in [0.15, 0.2) is 0 Å². The number of hydrogen-bond acceptors (Lipinski definition) is 5. The molecule has 1 saturated carbocycles. The van der Waals surface area contributed by atoms with Crippen LogP contribution in [-0.4, -0.2) is 97.4 Å². The molecule has 1 N–H and O–H groups in total. The van der Waals surface area contributed by atoms with Gasteiger partial charge in [-0.1, -0.05) is 0 Å². The summed E-state index contributed by atoms with van der Waals surface area (Å²) in [5, 5.41) is 10.3. The van der Waals surface area contributed by atoms with Crippen molar-refractivity contribution in [1.82, 2.24) is 14.7 Å². The van der Waals surface area contributed by atoms with Crippen molar-refractivity contribution < 1.29 is 14.6 Å². The molecule has 6 heteroatoms. The average Bonchev–Trinajstić information content (AvgIpc) is 2.83. The molecule has 0 unspecified atom stereocenters.